The van der Waals surface area contributed by atoms with Crippen LogP contribution in [0.15, 0.2) is 49.1 Å². The topological polar surface area (TPSA) is 108 Å². The maximum absolute atomic E-state index is 13.9. The lowest BCUT2D eigenvalue weighted by Crippen LogP contribution is -2.46. The van der Waals surface area contributed by atoms with Gasteiger partial charge in [0.05, 0.1) is 25.4 Å². The molecule has 0 spiro atoms. The van der Waals surface area contributed by atoms with Crippen LogP contribution in [-0.4, -0.2) is 72.7 Å². The summed E-state index contributed by atoms with van der Waals surface area (Å²) in [5, 5.41) is 16.5. The minimum Gasteiger partial charge on any atom is -0.391 e. The van der Waals surface area contributed by atoms with Crippen molar-refractivity contribution >= 4 is 17.7 Å². The van der Waals surface area contributed by atoms with Gasteiger partial charge in [0.25, 0.3) is 11.8 Å². The maximum atomic E-state index is 13.9. The number of rotatable bonds is 18. The fourth-order valence-corrected chi connectivity index (χ4v) is 4.57. The third kappa shape index (κ3) is 11.7. The van der Waals surface area contributed by atoms with Crippen LogP contribution in [0.3, 0.4) is 0 Å². The summed E-state index contributed by atoms with van der Waals surface area (Å²) >= 11 is 0. The van der Waals surface area contributed by atoms with Gasteiger partial charge >= 0.3 is 0 Å². The summed E-state index contributed by atoms with van der Waals surface area (Å²) < 4.78 is 33.0. The molecular formula is C32H43F2N3O5. The first-order chi connectivity index (χ1) is 20.1. The number of nitrogens with zero attached hydrogens (tertiary/aromatic N) is 1. The summed E-state index contributed by atoms with van der Waals surface area (Å²) in [5.41, 5.74) is 1.56. The predicted octanol–water partition coefficient (Wildman–Crippen LogP) is 4.34. The van der Waals surface area contributed by atoms with Gasteiger partial charge in [-0.25, -0.2) is 8.78 Å². The molecule has 0 aromatic heterocycles. The zero-order valence-corrected chi connectivity index (χ0v) is 24.8. The molecule has 0 unspecified atom stereocenters. The molecule has 2 rings (SSSR count). The van der Waals surface area contributed by atoms with Crippen LogP contribution in [0, 0.1) is 18.6 Å². The van der Waals surface area contributed by atoms with Gasteiger partial charge in [0, 0.05) is 43.2 Å². The van der Waals surface area contributed by atoms with Gasteiger partial charge in [-0.3, -0.25) is 14.4 Å². The van der Waals surface area contributed by atoms with Crippen molar-refractivity contribution in [3.8, 4) is 0 Å². The Morgan fingerprint density at radius 3 is 2.29 bits per heavy atom. The summed E-state index contributed by atoms with van der Waals surface area (Å²) in [7, 11) is 0. The average Bonchev–Trinajstić information content (AvgIpc) is 2.93. The molecule has 230 valence electrons. The van der Waals surface area contributed by atoms with Gasteiger partial charge in [-0.1, -0.05) is 19.9 Å². The van der Waals surface area contributed by atoms with E-state index in [0.717, 1.165) is 31.0 Å². The Labute approximate surface area is 247 Å². The van der Waals surface area contributed by atoms with Gasteiger partial charge in [0.15, 0.2) is 0 Å². The van der Waals surface area contributed by atoms with Crippen molar-refractivity contribution in [2.75, 3.05) is 32.8 Å². The Balaban J connectivity index is 2.20. The molecule has 0 aliphatic carbocycles. The summed E-state index contributed by atoms with van der Waals surface area (Å²) in [5.74, 6) is -2.54. The Bertz CT molecular complexity index is 1180. The normalized spacial score (nSPS) is 12.3. The molecule has 0 heterocycles. The number of aryl methyl sites for hydroxylation is 1. The summed E-state index contributed by atoms with van der Waals surface area (Å²) in [4.78, 5) is 40.4. The molecular weight excluding hydrogens is 544 g/mol. The van der Waals surface area contributed by atoms with Crippen LogP contribution in [0.25, 0.3) is 0 Å². The quantitative estimate of drug-likeness (QED) is 0.178. The maximum Gasteiger partial charge on any atom is 0.253 e. The zero-order valence-electron chi connectivity index (χ0n) is 24.8. The number of amides is 3. The molecule has 2 aromatic carbocycles. The number of halogens is 2. The highest BCUT2D eigenvalue weighted by Crippen LogP contribution is 2.16. The lowest BCUT2D eigenvalue weighted by molar-refractivity contribution is -0.122. The third-order valence-corrected chi connectivity index (χ3v) is 6.49. The fourth-order valence-electron chi connectivity index (χ4n) is 4.57. The highest BCUT2D eigenvalue weighted by molar-refractivity contribution is 6.00. The lowest BCUT2D eigenvalue weighted by Gasteiger charge is -2.25. The van der Waals surface area contributed by atoms with Crippen molar-refractivity contribution in [3.63, 3.8) is 0 Å². The monoisotopic (exact) mass is 587 g/mol. The molecule has 42 heavy (non-hydrogen) atoms. The second-order valence-electron chi connectivity index (χ2n) is 10.3. The molecule has 0 fully saturated rings. The fraction of sp³-hybridized carbons (Fsp3) is 0.469. The SMILES string of the molecule is C=CCOCCC(=O)NCC[C@@H](O)[C@@H](Cc1cc(F)cc(F)c1)NC(=O)c1cc(C)cc(C(=O)N(CCC)CCC)c1. The van der Waals surface area contributed by atoms with E-state index in [9.17, 15) is 28.3 Å². The number of benzene rings is 2. The number of nitrogens with one attached hydrogen (secondary N) is 2. The zero-order chi connectivity index (χ0) is 31.1. The number of aliphatic hydroxyl groups excluding tert-OH is 1. The van der Waals surface area contributed by atoms with Crippen molar-refractivity contribution < 1.29 is 33.0 Å². The van der Waals surface area contributed by atoms with Crippen LogP contribution in [0.2, 0.25) is 0 Å². The van der Waals surface area contributed by atoms with E-state index in [0.29, 0.717) is 30.8 Å². The average molecular weight is 588 g/mol. The van der Waals surface area contributed by atoms with Crippen LogP contribution in [0.1, 0.15) is 71.4 Å². The molecule has 0 saturated heterocycles. The van der Waals surface area contributed by atoms with E-state index in [1.54, 1.807) is 30.0 Å². The van der Waals surface area contributed by atoms with E-state index >= 15 is 0 Å². The largest absolute Gasteiger partial charge is 0.391 e. The molecule has 10 heteroatoms. The molecule has 3 amide bonds. The third-order valence-electron chi connectivity index (χ3n) is 6.49. The highest BCUT2D eigenvalue weighted by Gasteiger charge is 2.24. The van der Waals surface area contributed by atoms with Crippen molar-refractivity contribution in [1.29, 1.82) is 0 Å². The first-order valence-corrected chi connectivity index (χ1v) is 14.4. The van der Waals surface area contributed by atoms with Crippen molar-refractivity contribution in [2.24, 2.45) is 0 Å². The lowest BCUT2D eigenvalue weighted by atomic mass is 9.97. The van der Waals surface area contributed by atoms with Crippen molar-refractivity contribution in [1.82, 2.24) is 15.5 Å². The Kier molecular flexibility index (Phi) is 14.8. The number of carbonyl (C=O) groups is 3. The summed E-state index contributed by atoms with van der Waals surface area (Å²) in [6, 6.07) is 6.96. The molecule has 2 atom stereocenters. The van der Waals surface area contributed by atoms with Gasteiger partial charge in [0.1, 0.15) is 11.6 Å². The van der Waals surface area contributed by atoms with Crippen LogP contribution >= 0.6 is 0 Å². The summed E-state index contributed by atoms with van der Waals surface area (Å²) in [6.45, 7) is 11.2. The van der Waals surface area contributed by atoms with E-state index in [4.69, 9.17) is 4.74 Å². The number of ether oxygens (including phenoxy) is 1. The molecule has 3 N–H and O–H groups in total. The second-order valence-corrected chi connectivity index (χ2v) is 10.3. The minimum atomic E-state index is -1.16. The number of hydrogen-bond acceptors (Lipinski definition) is 5. The van der Waals surface area contributed by atoms with E-state index in [1.165, 1.54) is 6.07 Å². The van der Waals surface area contributed by atoms with Crippen LogP contribution < -0.4 is 10.6 Å². The Morgan fingerprint density at radius 2 is 1.67 bits per heavy atom. The molecule has 8 nitrogen and oxygen atoms in total. The Morgan fingerprint density at radius 1 is 1.02 bits per heavy atom. The van der Waals surface area contributed by atoms with Gasteiger partial charge in [-0.05, 0) is 74.1 Å². The van der Waals surface area contributed by atoms with Gasteiger partial charge < -0.3 is 25.4 Å². The highest BCUT2D eigenvalue weighted by atomic mass is 19.1. The van der Waals surface area contributed by atoms with E-state index < -0.39 is 29.7 Å². The Hall–Kier alpha value is -3.63. The second kappa shape index (κ2) is 18.0. The van der Waals surface area contributed by atoms with Crippen molar-refractivity contribution in [2.45, 2.75) is 65.0 Å². The molecule has 0 saturated carbocycles. The van der Waals surface area contributed by atoms with Crippen LogP contribution in [0.5, 0.6) is 0 Å². The molecule has 2 aromatic rings. The standard InChI is InChI=1S/C32H43F2N3O5/c1-5-11-37(12-6-2)32(41)25-16-22(4)15-24(20-25)31(40)36-28(19-23-17-26(33)21-27(34)18-23)29(38)8-10-35-30(39)9-14-42-13-7-3/h7,15-18,20-21,28-29,38H,3,5-6,8-14,19H2,1-2,4H3,(H,35,39)(H,36,40)/t28-,29-/m1/s1. The van der Waals surface area contributed by atoms with Gasteiger partial charge in [0.2, 0.25) is 5.91 Å². The van der Waals surface area contributed by atoms with Gasteiger partial charge in [-0.15, -0.1) is 6.58 Å². The van der Waals surface area contributed by atoms with Crippen molar-refractivity contribution in [3.05, 3.63) is 82.9 Å². The number of aliphatic hydroxyl groups is 1. The number of carbonyl (C=O) groups excluding carboxylic acids is 3. The smallest absolute Gasteiger partial charge is 0.253 e. The molecule has 0 aliphatic heterocycles. The number of hydrogen-bond donors (Lipinski definition) is 3. The summed E-state index contributed by atoms with van der Waals surface area (Å²) in [6.07, 6.45) is 2.16. The van der Waals surface area contributed by atoms with E-state index in [2.05, 4.69) is 17.2 Å². The minimum absolute atomic E-state index is 0.0662. The molecule has 0 aliphatic rings. The van der Waals surface area contributed by atoms with Gasteiger partial charge in [-0.2, -0.15) is 0 Å². The first-order valence-electron chi connectivity index (χ1n) is 14.4. The predicted molar refractivity (Wildman–Crippen MR) is 158 cm³/mol. The van der Waals surface area contributed by atoms with Crippen LogP contribution in [0.4, 0.5) is 8.78 Å². The molecule has 0 bridgehead atoms. The molecule has 0 radical (unpaired) electrons. The first kappa shape index (κ1) is 34.6. The van der Waals surface area contributed by atoms with E-state index in [1.807, 2.05) is 13.8 Å². The van der Waals surface area contributed by atoms with Crippen LogP contribution in [-0.2, 0) is 16.0 Å². The van der Waals surface area contributed by atoms with E-state index in [-0.39, 0.29) is 55.4 Å².